The normalized spacial score (nSPS) is 11.7. The summed E-state index contributed by atoms with van der Waals surface area (Å²) in [7, 11) is 1.99. The van der Waals surface area contributed by atoms with E-state index in [9.17, 15) is 0 Å². The van der Waals surface area contributed by atoms with E-state index in [-0.39, 0.29) is 6.10 Å². The summed E-state index contributed by atoms with van der Waals surface area (Å²) in [4.78, 5) is 7.87. The maximum absolute atomic E-state index is 5.73. The molecule has 1 N–H and O–H groups in total. The average Bonchev–Trinajstić information content (AvgIpc) is 3.16. The minimum atomic E-state index is 0.167. The third kappa shape index (κ3) is 2.56. The highest BCUT2D eigenvalue weighted by Crippen LogP contribution is 2.33. The van der Waals surface area contributed by atoms with E-state index >= 15 is 0 Å². The molecular weight excluding hydrogens is 312 g/mol. The first-order valence-electron chi connectivity index (χ1n) is 8.67. The van der Waals surface area contributed by atoms with Gasteiger partial charge in [-0.2, -0.15) is 5.10 Å². The van der Waals surface area contributed by atoms with Crippen LogP contribution in [0.5, 0.6) is 5.75 Å². The Morgan fingerprint density at radius 2 is 1.96 bits per heavy atom. The smallest absolute Gasteiger partial charge is 0.139 e. The number of nitrogens with one attached hydrogen (secondary N) is 1. The molecule has 4 aromatic rings. The summed E-state index contributed by atoms with van der Waals surface area (Å²) in [6.45, 7) is 6.21. The molecule has 0 aliphatic heterocycles. The molecule has 0 bridgehead atoms. The highest BCUT2D eigenvalue weighted by Gasteiger charge is 2.17. The van der Waals surface area contributed by atoms with Crippen LogP contribution in [0.3, 0.4) is 0 Å². The Labute approximate surface area is 146 Å². The number of fused-ring (bicyclic) bond motifs is 3. The van der Waals surface area contributed by atoms with E-state index in [1.165, 1.54) is 10.9 Å². The van der Waals surface area contributed by atoms with Gasteiger partial charge in [0, 0.05) is 35.8 Å². The van der Waals surface area contributed by atoms with Crippen molar-refractivity contribution in [1.82, 2.24) is 19.7 Å². The molecule has 0 fully saturated rings. The zero-order chi connectivity index (χ0) is 17.6. The number of hydrogen-bond acceptors (Lipinski definition) is 3. The molecule has 0 amide bonds. The average molecular weight is 334 g/mol. The van der Waals surface area contributed by atoms with E-state index in [4.69, 9.17) is 9.84 Å². The van der Waals surface area contributed by atoms with E-state index in [1.807, 2.05) is 50.1 Å². The van der Waals surface area contributed by atoms with Gasteiger partial charge in [0.05, 0.1) is 11.6 Å². The van der Waals surface area contributed by atoms with Gasteiger partial charge in [-0.25, -0.2) is 4.98 Å². The number of benzene rings is 1. The van der Waals surface area contributed by atoms with Crippen molar-refractivity contribution in [3.05, 3.63) is 42.2 Å². The largest absolute Gasteiger partial charge is 0.491 e. The highest BCUT2D eigenvalue weighted by molar-refractivity contribution is 6.08. The summed E-state index contributed by atoms with van der Waals surface area (Å²) in [5.41, 5.74) is 5.33. The van der Waals surface area contributed by atoms with Crippen LogP contribution >= 0.6 is 0 Å². The number of H-pyrrole nitrogens is 1. The van der Waals surface area contributed by atoms with Gasteiger partial charge >= 0.3 is 0 Å². The Kier molecular flexibility index (Phi) is 3.71. The van der Waals surface area contributed by atoms with Gasteiger partial charge in [-0.3, -0.25) is 4.68 Å². The number of nitrogens with zero attached hydrogens (tertiary/aromatic N) is 3. The molecule has 4 rings (SSSR count). The van der Waals surface area contributed by atoms with Gasteiger partial charge in [0.15, 0.2) is 0 Å². The van der Waals surface area contributed by atoms with Crippen molar-refractivity contribution in [2.45, 2.75) is 33.3 Å². The van der Waals surface area contributed by atoms with Crippen LogP contribution in [0.15, 0.2) is 36.7 Å². The SMILES string of the molecule is CCc1c[nH]c2ncc3c(-c4ccc(OC(C)C)cc4)nn(C)c3c12. The Morgan fingerprint density at radius 1 is 1.20 bits per heavy atom. The molecule has 5 nitrogen and oxygen atoms in total. The molecule has 0 saturated carbocycles. The van der Waals surface area contributed by atoms with E-state index < -0.39 is 0 Å². The van der Waals surface area contributed by atoms with Crippen LogP contribution in [-0.2, 0) is 13.5 Å². The van der Waals surface area contributed by atoms with Crippen LogP contribution in [0.2, 0.25) is 0 Å². The maximum Gasteiger partial charge on any atom is 0.139 e. The standard InChI is InChI=1S/C20H22N4O/c1-5-13-10-21-20-17(13)19-16(11-22-20)18(23-24(19)4)14-6-8-15(9-7-14)25-12(2)3/h6-12H,5H2,1-4H3,(H,21,22). The number of aromatic amines is 1. The van der Waals surface area contributed by atoms with Crippen LogP contribution in [0.4, 0.5) is 0 Å². The molecule has 128 valence electrons. The lowest BCUT2D eigenvalue weighted by Crippen LogP contribution is -2.05. The van der Waals surface area contributed by atoms with Crippen molar-refractivity contribution in [3.8, 4) is 17.0 Å². The molecule has 5 heteroatoms. The second-order valence-corrected chi connectivity index (χ2v) is 6.57. The first kappa shape index (κ1) is 15.7. The Hall–Kier alpha value is -2.82. The van der Waals surface area contributed by atoms with Crippen molar-refractivity contribution in [1.29, 1.82) is 0 Å². The number of aryl methyl sites for hydroxylation is 2. The lowest BCUT2D eigenvalue weighted by Gasteiger charge is -2.09. The molecule has 3 heterocycles. The lowest BCUT2D eigenvalue weighted by atomic mass is 10.1. The van der Waals surface area contributed by atoms with Gasteiger partial charge in [0.25, 0.3) is 0 Å². The fourth-order valence-corrected chi connectivity index (χ4v) is 3.36. The van der Waals surface area contributed by atoms with Crippen molar-refractivity contribution < 1.29 is 4.74 Å². The minimum absolute atomic E-state index is 0.167. The molecule has 3 aromatic heterocycles. The molecule has 25 heavy (non-hydrogen) atoms. The Morgan fingerprint density at radius 3 is 2.64 bits per heavy atom. The van der Waals surface area contributed by atoms with Crippen LogP contribution in [-0.4, -0.2) is 25.9 Å². The van der Waals surface area contributed by atoms with Crippen LogP contribution in [0.1, 0.15) is 26.3 Å². The molecule has 0 saturated heterocycles. The molecule has 0 atom stereocenters. The van der Waals surface area contributed by atoms with Crippen molar-refractivity contribution in [3.63, 3.8) is 0 Å². The molecule has 0 radical (unpaired) electrons. The van der Waals surface area contributed by atoms with Crippen LogP contribution < -0.4 is 4.74 Å². The number of hydrogen-bond donors (Lipinski definition) is 1. The molecule has 0 aliphatic rings. The quantitative estimate of drug-likeness (QED) is 0.599. The predicted octanol–water partition coefficient (Wildman–Crippen LogP) is 4.47. The molecule has 1 aromatic carbocycles. The van der Waals surface area contributed by atoms with E-state index in [0.29, 0.717) is 0 Å². The van der Waals surface area contributed by atoms with Crippen LogP contribution in [0, 0.1) is 0 Å². The van der Waals surface area contributed by atoms with Crippen molar-refractivity contribution in [2.75, 3.05) is 0 Å². The topological polar surface area (TPSA) is 55.7 Å². The van der Waals surface area contributed by atoms with E-state index in [0.717, 1.165) is 40.0 Å². The first-order chi connectivity index (χ1) is 12.1. The third-order valence-electron chi connectivity index (χ3n) is 4.46. The second-order valence-electron chi connectivity index (χ2n) is 6.57. The van der Waals surface area contributed by atoms with Gasteiger partial charge in [-0.15, -0.1) is 0 Å². The minimum Gasteiger partial charge on any atom is -0.491 e. The number of ether oxygens (including phenoxy) is 1. The summed E-state index contributed by atoms with van der Waals surface area (Å²) in [6.07, 6.45) is 5.08. The summed E-state index contributed by atoms with van der Waals surface area (Å²) in [5.74, 6) is 0.874. The number of pyridine rings is 1. The Bertz CT molecular complexity index is 1040. The Balaban J connectivity index is 1.88. The van der Waals surface area contributed by atoms with Gasteiger partial charge in [0.1, 0.15) is 17.1 Å². The van der Waals surface area contributed by atoms with Gasteiger partial charge in [-0.05, 0) is 50.1 Å². The molecule has 0 unspecified atom stereocenters. The summed E-state index contributed by atoms with van der Waals surface area (Å²) in [6, 6.07) is 8.11. The zero-order valence-electron chi connectivity index (χ0n) is 15.0. The molecular formula is C20H22N4O. The van der Waals surface area contributed by atoms with Gasteiger partial charge in [0.2, 0.25) is 0 Å². The van der Waals surface area contributed by atoms with Crippen molar-refractivity contribution >= 4 is 21.9 Å². The molecule has 0 spiro atoms. The molecule has 0 aliphatic carbocycles. The van der Waals surface area contributed by atoms with Gasteiger partial charge in [-0.1, -0.05) is 6.92 Å². The monoisotopic (exact) mass is 334 g/mol. The fraction of sp³-hybridized carbons (Fsp3) is 0.300. The number of rotatable bonds is 4. The number of aromatic nitrogens is 4. The summed E-state index contributed by atoms with van der Waals surface area (Å²) < 4.78 is 7.69. The van der Waals surface area contributed by atoms with Gasteiger partial charge < -0.3 is 9.72 Å². The summed E-state index contributed by atoms with van der Waals surface area (Å²) in [5, 5.41) is 7.02. The lowest BCUT2D eigenvalue weighted by molar-refractivity contribution is 0.242. The second kappa shape index (κ2) is 5.92. The van der Waals surface area contributed by atoms with E-state index in [2.05, 4.69) is 29.0 Å². The van der Waals surface area contributed by atoms with Crippen molar-refractivity contribution in [2.24, 2.45) is 7.05 Å². The van der Waals surface area contributed by atoms with E-state index in [1.54, 1.807) is 0 Å². The maximum atomic E-state index is 5.73. The summed E-state index contributed by atoms with van der Waals surface area (Å²) >= 11 is 0. The predicted molar refractivity (Wildman–Crippen MR) is 101 cm³/mol. The van der Waals surface area contributed by atoms with Crippen LogP contribution in [0.25, 0.3) is 33.2 Å². The highest BCUT2D eigenvalue weighted by atomic mass is 16.5. The third-order valence-corrected chi connectivity index (χ3v) is 4.46. The fourth-order valence-electron chi connectivity index (χ4n) is 3.36. The first-order valence-corrected chi connectivity index (χ1v) is 8.67. The zero-order valence-corrected chi connectivity index (χ0v) is 15.0.